The maximum atomic E-state index is 10.7. The normalized spacial score (nSPS) is 11.7. The van der Waals surface area contributed by atoms with Gasteiger partial charge >= 0.3 is 0 Å². The molecule has 0 spiro atoms. The van der Waals surface area contributed by atoms with Crippen LogP contribution in [-0.2, 0) is 0 Å². The van der Waals surface area contributed by atoms with Crippen LogP contribution in [0, 0.1) is 5.21 Å². The monoisotopic (exact) mass is 204 g/mol. The Morgan fingerprint density at radius 3 is 2.57 bits per heavy atom. The Hall–Kier alpha value is -1.04. The van der Waals surface area contributed by atoms with Crippen molar-refractivity contribution in [2.45, 2.75) is 25.7 Å². The highest BCUT2D eigenvalue weighted by molar-refractivity contribution is 4.46. The Labute approximate surface area is 84.7 Å². The SMILES string of the molecule is CNCCCCCCN(C)/[N+]([O-])=N\O. The predicted octanol–water partition coefficient (Wildman–Crippen LogP) is 0.965. The van der Waals surface area contributed by atoms with E-state index in [1.165, 1.54) is 5.01 Å². The summed E-state index contributed by atoms with van der Waals surface area (Å²) in [6, 6.07) is 0. The second-order valence-electron chi connectivity index (χ2n) is 3.24. The van der Waals surface area contributed by atoms with E-state index < -0.39 is 0 Å². The lowest BCUT2D eigenvalue weighted by molar-refractivity contribution is -0.704. The molecule has 0 radical (unpaired) electrons. The minimum Gasteiger partial charge on any atom is -0.569 e. The Bertz CT molecular complexity index is 163. The molecule has 0 aliphatic heterocycles. The molecule has 0 rings (SSSR count). The standard InChI is InChI=1S/C8H20N4O2/c1-9-7-5-3-4-6-8-11(2)12(14)10-13/h9,13H,3-8H2,1-2H3/b12-10+. The van der Waals surface area contributed by atoms with Crippen molar-refractivity contribution >= 4 is 0 Å². The van der Waals surface area contributed by atoms with Crippen LogP contribution in [-0.4, -0.2) is 42.4 Å². The first-order valence-electron chi connectivity index (χ1n) is 4.90. The second-order valence-corrected chi connectivity index (χ2v) is 3.24. The zero-order valence-electron chi connectivity index (χ0n) is 8.94. The Morgan fingerprint density at radius 1 is 1.36 bits per heavy atom. The highest BCUT2D eigenvalue weighted by atomic mass is 16.6. The molecule has 0 atom stereocenters. The minimum atomic E-state index is 0.188. The number of hydrazine groups is 1. The molecule has 0 aromatic carbocycles. The lowest BCUT2D eigenvalue weighted by Gasteiger charge is -2.11. The van der Waals surface area contributed by atoms with Gasteiger partial charge in [0.25, 0.3) is 0 Å². The molecule has 2 N–H and O–H groups in total. The maximum Gasteiger partial charge on any atom is 0.230 e. The third kappa shape index (κ3) is 6.47. The molecule has 84 valence electrons. The fourth-order valence-electron chi connectivity index (χ4n) is 1.15. The summed E-state index contributed by atoms with van der Waals surface area (Å²) >= 11 is 0. The molecule has 6 heteroatoms. The van der Waals surface area contributed by atoms with Gasteiger partial charge in [0.05, 0.1) is 18.6 Å². The summed E-state index contributed by atoms with van der Waals surface area (Å²) in [4.78, 5) is 0.188. The van der Waals surface area contributed by atoms with Crippen LogP contribution in [0.15, 0.2) is 5.28 Å². The van der Waals surface area contributed by atoms with Gasteiger partial charge in [0.1, 0.15) is 0 Å². The molecule has 0 aliphatic rings. The van der Waals surface area contributed by atoms with Crippen LogP contribution in [0.4, 0.5) is 0 Å². The van der Waals surface area contributed by atoms with Crippen LogP contribution < -0.4 is 5.32 Å². The maximum absolute atomic E-state index is 10.7. The van der Waals surface area contributed by atoms with E-state index in [0.717, 1.165) is 32.2 Å². The quantitative estimate of drug-likeness (QED) is 0.267. The van der Waals surface area contributed by atoms with Gasteiger partial charge in [-0.25, -0.2) is 0 Å². The van der Waals surface area contributed by atoms with Crippen LogP contribution >= 0.6 is 0 Å². The number of hydrogen-bond donors (Lipinski definition) is 2. The average molecular weight is 204 g/mol. The summed E-state index contributed by atoms with van der Waals surface area (Å²) in [5.41, 5.74) is 0. The molecule has 0 amide bonds. The van der Waals surface area contributed by atoms with Crippen LogP contribution in [0.2, 0.25) is 0 Å². The van der Waals surface area contributed by atoms with Gasteiger partial charge in [-0.1, -0.05) is 12.8 Å². The van der Waals surface area contributed by atoms with Crippen molar-refractivity contribution in [1.29, 1.82) is 0 Å². The molecule has 0 heterocycles. The van der Waals surface area contributed by atoms with Gasteiger partial charge in [-0.15, -0.1) is 5.01 Å². The summed E-state index contributed by atoms with van der Waals surface area (Å²) in [6.07, 6.45) is 4.34. The predicted molar refractivity (Wildman–Crippen MR) is 52.9 cm³/mol. The number of hydrogen-bond acceptors (Lipinski definition) is 3. The van der Waals surface area contributed by atoms with Gasteiger partial charge in [0.2, 0.25) is 5.28 Å². The van der Waals surface area contributed by atoms with Crippen molar-refractivity contribution in [3.8, 4) is 0 Å². The van der Waals surface area contributed by atoms with E-state index in [9.17, 15) is 5.21 Å². The van der Waals surface area contributed by atoms with Gasteiger partial charge in [0.15, 0.2) is 0 Å². The first kappa shape index (κ1) is 13.0. The smallest absolute Gasteiger partial charge is 0.230 e. The van der Waals surface area contributed by atoms with E-state index >= 15 is 0 Å². The zero-order valence-corrected chi connectivity index (χ0v) is 8.94. The summed E-state index contributed by atoms with van der Waals surface area (Å²) < 4.78 is 0. The molecule has 0 aromatic heterocycles. The summed E-state index contributed by atoms with van der Waals surface area (Å²) in [5.74, 6) is 0. The van der Waals surface area contributed by atoms with Crippen LogP contribution in [0.1, 0.15) is 25.7 Å². The summed E-state index contributed by atoms with van der Waals surface area (Å²) in [5, 5.41) is 25.8. The van der Waals surface area contributed by atoms with Gasteiger partial charge in [-0.2, -0.15) is 0 Å². The van der Waals surface area contributed by atoms with Crippen molar-refractivity contribution in [2.75, 3.05) is 27.2 Å². The third-order valence-electron chi connectivity index (χ3n) is 2.03. The number of unbranched alkanes of at least 4 members (excludes halogenated alkanes) is 3. The lowest BCUT2D eigenvalue weighted by atomic mass is 10.2. The summed E-state index contributed by atoms with van der Waals surface area (Å²) in [6.45, 7) is 1.66. The topological polar surface area (TPSA) is 73.9 Å². The van der Waals surface area contributed by atoms with E-state index in [0.29, 0.717) is 6.54 Å². The molecule has 6 nitrogen and oxygen atoms in total. The molecule has 0 bridgehead atoms. The number of rotatable bonds is 8. The minimum absolute atomic E-state index is 0.188. The molecule has 0 unspecified atom stereocenters. The van der Waals surface area contributed by atoms with Crippen molar-refractivity contribution in [3.63, 3.8) is 0 Å². The van der Waals surface area contributed by atoms with E-state index in [-0.39, 0.29) is 4.97 Å². The zero-order chi connectivity index (χ0) is 10.8. The molecule has 0 aliphatic carbocycles. The Balaban J connectivity index is 3.27. The van der Waals surface area contributed by atoms with Gasteiger partial charge < -0.3 is 15.7 Å². The average Bonchev–Trinajstić information content (AvgIpc) is 2.21. The van der Waals surface area contributed by atoms with Crippen molar-refractivity contribution < 1.29 is 10.2 Å². The fourth-order valence-corrected chi connectivity index (χ4v) is 1.15. The molecule has 0 aromatic rings. The number of nitrogens with zero attached hydrogens (tertiary/aromatic N) is 3. The molecule has 0 saturated carbocycles. The van der Waals surface area contributed by atoms with Crippen LogP contribution in [0.3, 0.4) is 0 Å². The highest BCUT2D eigenvalue weighted by Gasteiger charge is 2.03. The van der Waals surface area contributed by atoms with Crippen molar-refractivity contribution in [2.24, 2.45) is 5.28 Å². The van der Waals surface area contributed by atoms with Crippen molar-refractivity contribution in [3.05, 3.63) is 5.21 Å². The molecule has 0 fully saturated rings. The van der Waals surface area contributed by atoms with E-state index in [4.69, 9.17) is 5.21 Å². The molecular formula is C8H20N4O2. The molecule has 0 saturated heterocycles. The molecular weight excluding hydrogens is 184 g/mol. The summed E-state index contributed by atoms with van der Waals surface area (Å²) in [7, 11) is 3.53. The Kier molecular flexibility index (Phi) is 7.92. The van der Waals surface area contributed by atoms with E-state index in [1.54, 1.807) is 7.05 Å². The van der Waals surface area contributed by atoms with Crippen LogP contribution in [0.5, 0.6) is 0 Å². The Morgan fingerprint density at radius 2 is 2.00 bits per heavy atom. The fraction of sp³-hybridized carbons (Fsp3) is 1.00. The highest BCUT2D eigenvalue weighted by Crippen LogP contribution is 2.00. The first-order chi connectivity index (χ1) is 6.72. The second kappa shape index (κ2) is 8.55. The van der Waals surface area contributed by atoms with Gasteiger partial charge in [0, 0.05) is 0 Å². The van der Waals surface area contributed by atoms with Crippen LogP contribution in [0.25, 0.3) is 0 Å². The third-order valence-corrected chi connectivity index (χ3v) is 2.03. The number of nitrogens with one attached hydrogen (secondary N) is 1. The van der Waals surface area contributed by atoms with Gasteiger partial charge in [-0.3, -0.25) is 0 Å². The molecule has 14 heavy (non-hydrogen) atoms. The van der Waals surface area contributed by atoms with E-state index in [2.05, 4.69) is 10.6 Å². The first-order valence-corrected chi connectivity index (χ1v) is 4.90. The van der Waals surface area contributed by atoms with Gasteiger partial charge in [-0.05, 0) is 26.4 Å². The lowest BCUT2D eigenvalue weighted by Crippen LogP contribution is -2.27. The van der Waals surface area contributed by atoms with Crippen molar-refractivity contribution in [1.82, 2.24) is 10.3 Å². The van der Waals surface area contributed by atoms with E-state index in [1.807, 2.05) is 7.05 Å². The largest absolute Gasteiger partial charge is 0.569 e.